The maximum atomic E-state index is 11.3. The molecule has 1 amide bonds. The van der Waals surface area contributed by atoms with Crippen LogP contribution in [-0.4, -0.2) is 21.0 Å². The number of hydrogen-bond donors (Lipinski definition) is 2. The first-order valence-electron chi connectivity index (χ1n) is 3.96. The molecule has 15 heavy (non-hydrogen) atoms. The molecular weight excluding hydrogens is 281 g/mol. The lowest BCUT2D eigenvalue weighted by Crippen LogP contribution is -2.44. The van der Waals surface area contributed by atoms with E-state index in [9.17, 15) is 9.90 Å². The number of hydrogen-bond acceptors (Lipinski definition) is 3. The summed E-state index contributed by atoms with van der Waals surface area (Å²) in [5.74, 6) is -0.392. The van der Waals surface area contributed by atoms with Crippen molar-refractivity contribution < 1.29 is 9.90 Å². The molecule has 1 heterocycles. The van der Waals surface area contributed by atoms with Gasteiger partial charge in [-0.15, -0.1) is 11.3 Å². The number of alkyl halides is 3. The van der Waals surface area contributed by atoms with E-state index < -0.39 is 15.9 Å². The van der Waals surface area contributed by atoms with E-state index in [1.165, 1.54) is 11.3 Å². The summed E-state index contributed by atoms with van der Waals surface area (Å²) in [4.78, 5) is 12.2. The zero-order chi connectivity index (χ0) is 11.5. The Balaban J connectivity index is 2.43. The summed E-state index contributed by atoms with van der Waals surface area (Å²) in [6, 6.07) is 3.64. The first kappa shape index (κ1) is 13.1. The van der Waals surface area contributed by atoms with Crippen LogP contribution in [0.3, 0.4) is 0 Å². The van der Waals surface area contributed by atoms with Gasteiger partial charge in [-0.2, -0.15) is 0 Å². The van der Waals surface area contributed by atoms with Gasteiger partial charge in [0.05, 0.1) is 6.42 Å². The molecule has 0 fully saturated rings. The third-order valence-corrected chi connectivity index (χ3v) is 3.02. The molecule has 0 bridgehead atoms. The Labute approximate surface area is 106 Å². The van der Waals surface area contributed by atoms with Gasteiger partial charge in [-0.05, 0) is 11.4 Å². The summed E-state index contributed by atoms with van der Waals surface area (Å²) >= 11 is 17.6. The summed E-state index contributed by atoms with van der Waals surface area (Å²) in [6.45, 7) is 0. The number of aliphatic hydroxyl groups is 1. The minimum Gasteiger partial charge on any atom is -0.369 e. The van der Waals surface area contributed by atoms with Crippen LogP contribution in [0, 0.1) is 0 Å². The van der Waals surface area contributed by atoms with Gasteiger partial charge in [0.1, 0.15) is 0 Å². The van der Waals surface area contributed by atoms with Gasteiger partial charge in [-0.1, -0.05) is 40.9 Å². The molecule has 0 aromatic carbocycles. The van der Waals surface area contributed by atoms with Crippen molar-refractivity contribution in [3.63, 3.8) is 0 Å². The van der Waals surface area contributed by atoms with Crippen molar-refractivity contribution in [2.75, 3.05) is 0 Å². The van der Waals surface area contributed by atoms with Gasteiger partial charge in [-0.25, -0.2) is 0 Å². The third-order valence-electron chi connectivity index (χ3n) is 1.52. The largest absolute Gasteiger partial charge is 0.369 e. The Hall–Kier alpha value is -0.000000000000000111. The van der Waals surface area contributed by atoms with E-state index in [1.807, 2.05) is 17.5 Å². The first-order chi connectivity index (χ1) is 6.89. The number of nitrogens with one attached hydrogen (secondary N) is 1. The first-order valence-corrected chi connectivity index (χ1v) is 5.97. The molecule has 0 aliphatic heterocycles. The fraction of sp³-hybridized carbons (Fsp3) is 0.375. The molecule has 3 nitrogen and oxygen atoms in total. The van der Waals surface area contributed by atoms with Gasteiger partial charge in [0.15, 0.2) is 6.23 Å². The molecule has 1 aromatic heterocycles. The number of amides is 1. The van der Waals surface area contributed by atoms with Crippen molar-refractivity contribution in [3.05, 3.63) is 22.4 Å². The van der Waals surface area contributed by atoms with Crippen LogP contribution in [0.2, 0.25) is 0 Å². The summed E-state index contributed by atoms with van der Waals surface area (Å²) in [5.41, 5.74) is 0. The molecule has 0 aliphatic carbocycles. The number of carbonyl (C=O) groups is 1. The van der Waals surface area contributed by atoms with Gasteiger partial charge >= 0.3 is 0 Å². The minimum absolute atomic E-state index is 0.162. The zero-order valence-corrected chi connectivity index (χ0v) is 10.5. The van der Waals surface area contributed by atoms with Crippen LogP contribution in [0.25, 0.3) is 0 Å². The minimum atomic E-state index is -1.91. The zero-order valence-electron chi connectivity index (χ0n) is 7.41. The fourth-order valence-electron chi connectivity index (χ4n) is 0.857. The lowest BCUT2D eigenvalue weighted by Gasteiger charge is -2.19. The molecule has 7 heteroatoms. The molecule has 2 N–H and O–H groups in total. The highest BCUT2D eigenvalue weighted by Crippen LogP contribution is 2.28. The molecule has 1 atom stereocenters. The van der Waals surface area contributed by atoms with Crippen molar-refractivity contribution in [1.82, 2.24) is 5.32 Å². The summed E-state index contributed by atoms with van der Waals surface area (Å²) in [7, 11) is 0. The Kier molecular flexibility index (Phi) is 4.67. The van der Waals surface area contributed by atoms with Gasteiger partial charge in [0.25, 0.3) is 0 Å². The molecule has 1 aromatic rings. The van der Waals surface area contributed by atoms with E-state index in [-0.39, 0.29) is 6.42 Å². The van der Waals surface area contributed by atoms with Crippen LogP contribution >= 0.6 is 46.1 Å². The van der Waals surface area contributed by atoms with Crippen LogP contribution in [0.1, 0.15) is 4.88 Å². The molecule has 0 spiro atoms. The van der Waals surface area contributed by atoms with E-state index in [1.54, 1.807) is 0 Å². The van der Waals surface area contributed by atoms with Crippen molar-refractivity contribution in [2.45, 2.75) is 16.4 Å². The van der Waals surface area contributed by atoms with Gasteiger partial charge in [-0.3, -0.25) is 4.79 Å². The summed E-state index contributed by atoms with van der Waals surface area (Å²) in [6.07, 6.45) is -1.34. The Bertz CT molecular complexity index is 323. The quantitative estimate of drug-likeness (QED) is 0.661. The third kappa shape index (κ3) is 4.57. The average Bonchev–Trinajstić information content (AvgIpc) is 2.54. The van der Waals surface area contributed by atoms with E-state index in [0.717, 1.165) is 4.88 Å². The Morgan fingerprint density at radius 1 is 1.60 bits per heavy atom. The number of thiophene rings is 1. The van der Waals surface area contributed by atoms with E-state index >= 15 is 0 Å². The van der Waals surface area contributed by atoms with Crippen LogP contribution in [0.15, 0.2) is 17.5 Å². The molecule has 0 saturated heterocycles. The van der Waals surface area contributed by atoms with E-state index in [2.05, 4.69) is 5.32 Å². The number of rotatable bonds is 3. The normalized spacial score (nSPS) is 13.6. The van der Waals surface area contributed by atoms with Crippen LogP contribution in [-0.2, 0) is 11.2 Å². The lowest BCUT2D eigenvalue weighted by molar-refractivity contribution is -0.123. The molecule has 0 aliphatic rings. The second-order valence-corrected chi connectivity index (χ2v) is 6.17. The van der Waals surface area contributed by atoms with Crippen molar-refractivity contribution in [2.24, 2.45) is 0 Å². The summed E-state index contributed by atoms with van der Waals surface area (Å²) in [5, 5.41) is 13.3. The lowest BCUT2D eigenvalue weighted by atomic mass is 10.3. The van der Waals surface area contributed by atoms with Gasteiger partial charge < -0.3 is 10.4 Å². The molecule has 1 rings (SSSR count). The van der Waals surface area contributed by atoms with Crippen molar-refractivity contribution >= 4 is 52.0 Å². The smallest absolute Gasteiger partial charge is 0.234 e. The maximum absolute atomic E-state index is 11.3. The molecule has 84 valence electrons. The van der Waals surface area contributed by atoms with Crippen LogP contribution in [0.4, 0.5) is 0 Å². The number of halogens is 3. The Morgan fingerprint density at radius 3 is 2.73 bits per heavy atom. The monoisotopic (exact) mass is 287 g/mol. The van der Waals surface area contributed by atoms with Crippen LogP contribution in [0.5, 0.6) is 0 Å². The second kappa shape index (κ2) is 5.37. The fourth-order valence-corrected chi connectivity index (χ4v) is 1.72. The number of aliphatic hydroxyl groups excluding tert-OH is 1. The highest BCUT2D eigenvalue weighted by Gasteiger charge is 2.31. The van der Waals surface area contributed by atoms with E-state index in [4.69, 9.17) is 34.8 Å². The van der Waals surface area contributed by atoms with Gasteiger partial charge in [0, 0.05) is 4.88 Å². The standard InChI is InChI=1S/C8H8Cl3NO2S/c9-8(10,11)7(14)12-6(13)4-5-2-1-3-15-5/h1-3,7,14H,4H2,(H,12,13). The maximum Gasteiger partial charge on any atom is 0.234 e. The summed E-state index contributed by atoms with van der Waals surface area (Å²) < 4.78 is -1.91. The highest BCUT2D eigenvalue weighted by atomic mass is 35.6. The molecule has 0 saturated carbocycles. The second-order valence-electron chi connectivity index (χ2n) is 2.77. The van der Waals surface area contributed by atoms with Crippen LogP contribution < -0.4 is 5.32 Å². The van der Waals surface area contributed by atoms with Gasteiger partial charge in [0.2, 0.25) is 9.70 Å². The number of carbonyl (C=O) groups excluding carboxylic acids is 1. The Morgan fingerprint density at radius 2 is 2.27 bits per heavy atom. The van der Waals surface area contributed by atoms with Crippen molar-refractivity contribution in [3.8, 4) is 0 Å². The van der Waals surface area contributed by atoms with E-state index in [0.29, 0.717) is 0 Å². The molecular formula is C8H8Cl3NO2S. The van der Waals surface area contributed by atoms with Crippen molar-refractivity contribution in [1.29, 1.82) is 0 Å². The SMILES string of the molecule is O=C(Cc1cccs1)NC(O)C(Cl)(Cl)Cl. The highest BCUT2D eigenvalue weighted by molar-refractivity contribution is 7.10. The average molecular weight is 289 g/mol. The topological polar surface area (TPSA) is 49.3 Å². The predicted octanol–water partition coefficient (Wildman–Crippen LogP) is 2.10. The predicted molar refractivity (Wildman–Crippen MR) is 62.5 cm³/mol. The molecule has 0 radical (unpaired) electrons. The molecule has 1 unspecified atom stereocenters.